The highest BCUT2D eigenvalue weighted by Crippen LogP contribution is 2.16. The average Bonchev–Trinajstić information content (AvgIpc) is 2.29. The second-order valence-electron chi connectivity index (χ2n) is 3.52. The van der Waals surface area contributed by atoms with Gasteiger partial charge in [0.2, 0.25) is 6.29 Å². The first-order valence-electron chi connectivity index (χ1n) is 4.83. The van der Waals surface area contributed by atoms with Gasteiger partial charge < -0.3 is 5.11 Å². The maximum Gasteiger partial charge on any atom is 0.229 e. The molecule has 0 aromatic heterocycles. The highest BCUT2D eigenvalue weighted by Gasteiger charge is 2.04. The van der Waals surface area contributed by atoms with Crippen molar-refractivity contribution in [2.24, 2.45) is 0 Å². The van der Waals surface area contributed by atoms with Gasteiger partial charge in [-0.05, 0) is 16.3 Å². The van der Waals surface area contributed by atoms with E-state index in [1.807, 2.05) is 42.5 Å². The van der Waals surface area contributed by atoms with Crippen molar-refractivity contribution in [3.8, 4) is 0 Å². The Morgan fingerprint density at radius 1 is 1.13 bits per heavy atom. The van der Waals surface area contributed by atoms with Crippen LogP contribution < -0.4 is 0 Å². The van der Waals surface area contributed by atoms with Gasteiger partial charge in [0.1, 0.15) is 6.10 Å². The highest BCUT2D eigenvalue weighted by molar-refractivity contribution is 5.83. The largest absolute Gasteiger partial charge is 0.384 e. The standard InChI is InChI=1S/C13H11O2/c14-9-13(15)8-10-5-6-11-3-1-2-4-12(11)7-10/h1-7,13,15H,8H2. The molecule has 0 spiro atoms. The molecule has 2 aromatic carbocycles. The molecule has 0 bridgehead atoms. The number of hydrogen-bond donors (Lipinski definition) is 1. The summed E-state index contributed by atoms with van der Waals surface area (Å²) in [6.07, 6.45) is 0.873. The topological polar surface area (TPSA) is 37.3 Å². The molecule has 1 atom stereocenters. The van der Waals surface area contributed by atoms with E-state index in [9.17, 15) is 4.79 Å². The summed E-state index contributed by atoms with van der Waals surface area (Å²) in [6, 6.07) is 13.9. The Morgan fingerprint density at radius 2 is 1.87 bits per heavy atom. The van der Waals surface area contributed by atoms with Gasteiger partial charge in [-0.2, -0.15) is 0 Å². The smallest absolute Gasteiger partial charge is 0.229 e. The predicted molar refractivity (Wildman–Crippen MR) is 59.4 cm³/mol. The Hall–Kier alpha value is -1.67. The van der Waals surface area contributed by atoms with Crippen LogP contribution in [0.2, 0.25) is 0 Å². The minimum atomic E-state index is -1.02. The fourth-order valence-electron chi connectivity index (χ4n) is 1.63. The van der Waals surface area contributed by atoms with Crippen molar-refractivity contribution in [1.29, 1.82) is 0 Å². The summed E-state index contributed by atoms with van der Waals surface area (Å²) in [4.78, 5) is 10.2. The molecular formula is C13H11O2. The van der Waals surface area contributed by atoms with Gasteiger partial charge in [-0.15, -0.1) is 0 Å². The molecule has 0 aliphatic carbocycles. The second kappa shape index (κ2) is 4.24. The van der Waals surface area contributed by atoms with Gasteiger partial charge in [0.05, 0.1) is 0 Å². The molecule has 2 nitrogen and oxygen atoms in total. The van der Waals surface area contributed by atoms with E-state index in [1.165, 1.54) is 0 Å². The summed E-state index contributed by atoms with van der Waals surface area (Å²) in [6.45, 7) is 0. The molecular weight excluding hydrogens is 188 g/mol. The fraction of sp³-hybridized carbons (Fsp3) is 0.154. The minimum absolute atomic E-state index is 0.328. The Kier molecular flexibility index (Phi) is 2.79. The average molecular weight is 199 g/mol. The van der Waals surface area contributed by atoms with Crippen LogP contribution in [0.4, 0.5) is 0 Å². The number of fused-ring (bicyclic) bond motifs is 1. The summed E-state index contributed by atoms with van der Waals surface area (Å²) in [5.41, 5.74) is 0.949. The zero-order valence-electron chi connectivity index (χ0n) is 8.18. The first-order chi connectivity index (χ1) is 7.29. The van der Waals surface area contributed by atoms with Crippen molar-refractivity contribution < 1.29 is 9.90 Å². The first kappa shape index (κ1) is 9.87. The zero-order valence-corrected chi connectivity index (χ0v) is 8.18. The maximum absolute atomic E-state index is 10.2. The van der Waals surface area contributed by atoms with Gasteiger partial charge in [-0.25, -0.2) is 0 Å². The van der Waals surface area contributed by atoms with E-state index in [0.29, 0.717) is 6.42 Å². The van der Waals surface area contributed by atoms with Crippen molar-refractivity contribution in [3.63, 3.8) is 0 Å². The number of hydrogen-bond acceptors (Lipinski definition) is 2. The van der Waals surface area contributed by atoms with E-state index in [-0.39, 0.29) is 0 Å². The van der Waals surface area contributed by atoms with Crippen molar-refractivity contribution in [2.45, 2.75) is 12.5 Å². The van der Waals surface area contributed by atoms with E-state index in [2.05, 4.69) is 0 Å². The monoisotopic (exact) mass is 199 g/mol. The molecule has 0 aliphatic heterocycles. The molecule has 0 saturated heterocycles. The molecule has 15 heavy (non-hydrogen) atoms. The summed E-state index contributed by atoms with van der Waals surface area (Å²) < 4.78 is 0. The summed E-state index contributed by atoms with van der Waals surface area (Å²) in [5, 5.41) is 11.4. The van der Waals surface area contributed by atoms with Crippen LogP contribution in [0.15, 0.2) is 42.5 Å². The predicted octanol–water partition coefficient (Wildman–Crippen LogP) is 1.85. The lowest BCUT2D eigenvalue weighted by molar-refractivity contribution is 0.235. The van der Waals surface area contributed by atoms with Crippen LogP contribution in [0.25, 0.3) is 10.8 Å². The molecule has 1 radical (unpaired) electrons. The first-order valence-corrected chi connectivity index (χ1v) is 4.83. The lowest BCUT2D eigenvalue weighted by atomic mass is 10.0. The molecule has 2 aromatic rings. The normalized spacial score (nSPS) is 12.6. The van der Waals surface area contributed by atoms with E-state index in [0.717, 1.165) is 16.3 Å². The van der Waals surface area contributed by atoms with Crippen molar-refractivity contribution in [2.75, 3.05) is 0 Å². The quantitative estimate of drug-likeness (QED) is 0.819. The minimum Gasteiger partial charge on any atom is -0.384 e. The molecule has 0 amide bonds. The van der Waals surface area contributed by atoms with Crippen LogP contribution in [0.1, 0.15) is 5.56 Å². The number of benzene rings is 2. The molecule has 0 aliphatic rings. The lowest BCUT2D eigenvalue weighted by Gasteiger charge is -2.04. The van der Waals surface area contributed by atoms with Crippen LogP contribution in [0, 0.1) is 0 Å². The lowest BCUT2D eigenvalue weighted by Crippen LogP contribution is -2.11. The van der Waals surface area contributed by atoms with Crippen LogP contribution in [0.5, 0.6) is 0 Å². The summed E-state index contributed by atoms with van der Waals surface area (Å²) in [5.74, 6) is 0. The number of carbonyl (C=O) groups excluding carboxylic acids is 1. The summed E-state index contributed by atoms with van der Waals surface area (Å²) in [7, 11) is 0. The van der Waals surface area contributed by atoms with Gasteiger partial charge in [-0.3, -0.25) is 4.79 Å². The van der Waals surface area contributed by atoms with Gasteiger partial charge in [0.25, 0.3) is 0 Å². The van der Waals surface area contributed by atoms with E-state index in [1.54, 1.807) is 6.29 Å². The number of aliphatic hydroxyl groups is 1. The van der Waals surface area contributed by atoms with E-state index >= 15 is 0 Å². The third kappa shape index (κ3) is 2.22. The molecule has 0 fully saturated rings. The van der Waals surface area contributed by atoms with Crippen molar-refractivity contribution >= 4 is 17.1 Å². The van der Waals surface area contributed by atoms with E-state index < -0.39 is 6.10 Å². The van der Waals surface area contributed by atoms with E-state index in [4.69, 9.17) is 5.11 Å². The Balaban J connectivity index is 2.34. The fourth-order valence-corrected chi connectivity index (χ4v) is 1.63. The molecule has 2 rings (SSSR count). The van der Waals surface area contributed by atoms with Crippen molar-refractivity contribution in [3.05, 3.63) is 48.0 Å². The molecule has 1 unspecified atom stereocenters. The SMILES string of the molecule is O=[C]C(O)Cc1ccc2ccccc2c1. The second-order valence-corrected chi connectivity index (χ2v) is 3.52. The number of aliphatic hydroxyl groups excluding tert-OH is 1. The summed E-state index contributed by atoms with van der Waals surface area (Å²) >= 11 is 0. The highest BCUT2D eigenvalue weighted by atomic mass is 16.3. The molecule has 2 heteroatoms. The van der Waals surface area contributed by atoms with Gasteiger partial charge in [0, 0.05) is 6.42 Å². The Bertz CT molecular complexity index is 477. The molecule has 0 heterocycles. The molecule has 75 valence electrons. The van der Waals surface area contributed by atoms with Gasteiger partial charge >= 0.3 is 0 Å². The Labute approximate surface area is 88.2 Å². The third-order valence-electron chi connectivity index (χ3n) is 2.38. The number of rotatable bonds is 3. The van der Waals surface area contributed by atoms with Crippen molar-refractivity contribution in [1.82, 2.24) is 0 Å². The zero-order chi connectivity index (χ0) is 10.7. The maximum atomic E-state index is 10.2. The van der Waals surface area contributed by atoms with Crippen LogP contribution in [-0.2, 0) is 11.2 Å². The van der Waals surface area contributed by atoms with Gasteiger partial charge in [-0.1, -0.05) is 42.5 Å². The third-order valence-corrected chi connectivity index (χ3v) is 2.38. The van der Waals surface area contributed by atoms with Gasteiger partial charge in [0.15, 0.2) is 0 Å². The Morgan fingerprint density at radius 3 is 2.60 bits per heavy atom. The van der Waals surface area contributed by atoms with Crippen LogP contribution >= 0.6 is 0 Å². The molecule has 1 N–H and O–H groups in total. The van der Waals surface area contributed by atoms with Crippen LogP contribution in [0.3, 0.4) is 0 Å². The molecule has 0 saturated carbocycles. The van der Waals surface area contributed by atoms with Crippen LogP contribution in [-0.4, -0.2) is 17.5 Å².